The predicted molar refractivity (Wildman–Crippen MR) is 100 cm³/mol. The van der Waals surface area contributed by atoms with Gasteiger partial charge in [-0.2, -0.15) is 0 Å². The van der Waals surface area contributed by atoms with Crippen LogP contribution in [0.4, 0.5) is 28.7 Å². The van der Waals surface area contributed by atoms with E-state index in [2.05, 4.69) is 25.8 Å². The molecule has 126 valence electrons. The van der Waals surface area contributed by atoms with Gasteiger partial charge in [-0.25, -0.2) is 9.97 Å². The van der Waals surface area contributed by atoms with E-state index in [9.17, 15) is 0 Å². The Bertz CT molecular complexity index is 849. The normalized spacial score (nSPS) is 10.6. The summed E-state index contributed by atoms with van der Waals surface area (Å²) in [5.74, 6) is 0.873. The van der Waals surface area contributed by atoms with Crippen molar-refractivity contribution < 1.29 is 4.84 Å². The summed E-state index contributed by atoms with van der Waals surface area (Å²) < 4.78 is 0. The molecule has 7 heteroatoms. The van der Waals surface area contributed by atoms with Crippen LogP contribution in [0.25, 0.3) is 0 Å². The lowest BCUT2D eigenvalue weighted by molar-refractivity contribution is 0.215. The van der Waals surface area contributed by atoms with Gasteiger partial charge in [0.1, 0.15) is 25.1 Å². The van der Waals surface area contributed by atoms with Gasteiger partial charge in [-0.15, -0.1) is 0 Å². The van der Waals surface area contributed by atoms with Crippen LogP contribution in [0.2, 0.25) is 0 Å². The van der Waals surface area contributed by atoms with Gasteiger partial charge in [0.05, 0.1) is 11.8 Å². The Morgan fingerprint density at radius 1 is 0.920 bits per heavy atom. The van der Waals surface area contributed by atoms with Crippen LogP contribution < -0.4 is 16.4 Å². The van der Waals surface area contributed by atoms with Crippen molar-refractivity contribution in [2.75, 3.05) is 23.5 Å². The standard InChI is InChI=1S/C18H18N6O/c1-25-22-11-16-17(19)20-12-21-18(16)24-15-9-7-14(8-10-15)23-13-5-3-2-4-6-13/h2-12,23H,1H3,(H3,19,20,21,24)/b22-11+. The number of rotatable bonds is 6. The molecule has 0 spiro atoms. The minimum Gasteiger partial charge on any atom is -0.399 e. The van der Waals surface area contributed by atoms with Gasteiger partial charge >= 0.3 is 0 Å². The minimum atomic E-state index is 0.320. The summed E-state index contributed by atoms with van der Waals surface area (Å²) in [7, 11) is 1.46. The smallest absolute Gasteiger partial charge is 0.144 e. The molecule has 2 aromatic carbocycles. The van der Waals surface area contributed by atoms with Gasteiger partial charge < -0.3 is 21.2 Å². The summed E-state index contributed by atoms with van der Waals surface area (Å²) in [6.45, 7) is 0. The molecule has 0 atom stereocenters. The van der Waals surface area contributed by atoms with Crippen molar-refractivity contribution in [2.45, 2.75) is 0 Å². The molecule has 0 saturated heterocycles. The molecule has 0 aliphatic rings. The number of benzene rings is 2. The topological polar surface area (TPSA) is 97.5 Å². The van der Waals surface area contributed by atoms with E-state index in [1.54, 1.807) is 0 Å². The molecule has 1 aromatic heterocycles. The second-order valence-electron chi connectivity index (χ2n) is 5.13. The summed E-state index contributed by atoms with van der Waals surface area (Å²) in [6.07, 6.45) is 2.87. The molecule has 0 radical (unpaired) electrons. The van der Waals surface area contributed by atoms with Gasteiger partial charge in [-0.05, 0) is 36.4 Å². The fourth-order valence-electron chi connectivity index (χ4n) is 2.20. The Morgan fingerprint density at radius 2 is 1.56 bits per heavy atom. The maximum Gasteiger partial charge on any atom is 0.144 e. The summed E-state index contributed by atoms with van der Waals surface area (Å²) in [6, 6.07) is 17.8. The summed E-state index contributed by atoms with van der Waals surface area (Å²) in [5.41, 5.74) is 9.33. The first kappa shape index (κ1) is 16.3. The molecule has 1 heterocycles. The van der Waals surface area contributed by atoms with E-state index in [1.165, 1.54) is 19.7 Å². The number of hydrogen-bond donors (Lipinski definition) is 3. The van der Waals surface area contributed by atoms with Crippen molar-refractivity contribution in [1.82, 2.24) is 9.97 Å². The monoisotopic (exact) mass is 334 g/mol. The SMILES string of the molecule is CO/N=C/c1c(N)ncnc1Nc1ccc(Nc2ccccc2)cc1. The Hall–Kier alpha value is -3.61. The zero-order chi connectivity index (χ0) is 17.5. The van der Waals surface area contributed by atoms with Gasteiger partial charge in [0, 0.05) is 17.1 Å². The van der Waals surface area contributed by atoms with E-state index in [1.807, 2.05) is 54.6 Å². The fourth-order valence-corrected chi connectivity index (χ4v) is 2.20. The molecule has 0 saturated carbocycles. The molecule has 25 heavy (non-hydrogen) atoms. The average molecular weight is 334 g/mol. The Balaban J connectivity index is 1.76. The van der Waals surface area contributed by atoms with E-state index in [0.29, 0.717) is 17.2 Å². The molecule has 4 N–H and O–H groups in total. The second-order valence-corrected chi connectivity index (χ2v) is 5.13. The van der Waals surface area contributed by atoms with Gasteiger partial charge in [-0.1, -0.05) is 23.4 Å². The second kappa shape index (κ2) is 7.78. The number of para-hydroxylation sites is 1. The first-order valence-electron chi connectivity index (χ1n) is 7.62. The van der Waals surface area contributed by atoms with Crippen LogP contribution in [-0.4, -0.2) is 23.3 Å². The molecular weight excluding hydrogens is 316 g/mol. The summed E-state index contributed by atoms with van der Waals surface area (Å²) in [4.78, 5) is 12.9. The van der Waals surface area contributed by atoms with Crippen LogP contribution in [0, 0.1) is 0 Å². The number of aromatic nitrogens is 2. The molecule has 0 aliphatic carbocycles. The lowest BCUT2D eigenvalue weighted by Crippen LogP contribution is -2.05. The third-order valence-corrected chi connectivity index (χ3v) is 3.41. The van der Waals surface area contributed by atoms with Gasteiger partial charge in [-0.3, -0.25) is 0 Å². The van der Waals surface area contributed by atoms with E-state index >= 15 is 0 Å². The van der Waals surface area contributed by atoms with Crippen molar-refractivity contribution in [3.05, 3.63) is 66.5 Å². The van der Waals surface area contributed by atoms with Crippen molar-refractivity contribution >= 4 is 34.9 Å². The minimum absolute atomic E-state index is 0.320. The van der Waals surface area contributed by atoms with Crippen LogP contribution in [0.5, 0.6) is 0 Å². The third kappa shape index (κ3) is 4.23. The predicted octanol–water partition coefficient (Wildman–Crippen LogP) is 3.53. The summed E-state index contributed by atoms with van der Waals surface area (Å²) in [5, 5.41) is 10.3. The van der Waals surface area contributed by atoms with Crippen molar-refractivity contribution in [2.24, 2.45) is 5.16 Å². The van der Waals surface area contributed by atoms with Gasteiger partial charge in [0.2, 0.25) is 0 Å². The van der Waals surface area contributed by atoms with Crippen LogP contribution in [0.1, 0.15) is 5.56 Å². The highest BCUT2D eigenvalue weighted by atomic mass is 16.6. The van der Waals surface area contributed by atoms with Crippen LogP contribution in [0.15, 0.2) is 66.1 Å². The number of oxime groups is 1. The van der Waals surface area contributed by atoms with E-state index in [-0.39, 0.29) is 0 Å². The van der Waals surface area contributed by atoms with Gasteiger partial charge in [0.25, 0.3) is 0 Å². The zero-order valence-corrected chi connectivity index (χ0v) is 13.7. The maximum absolute atomic E-state index is 5.88. The first-order valence-corrected chi connectivity index (χ1v) is 7.62. The highest BCUT2D eigenvalue weighted by Gasteiger charge is 2.08. The number of anilines is 5. The largest absolute Gasteiger partial charge is 0.399 e. The average Bonchev–Trinajstić information content (AvgIpc) is 2.64. The number of nitrogens with zero attached hydrogens (tertiary/aromatic N) is 3. The zero-order valence-electron chi connectivity index (χ0n) is 13.7. The quantitative estimate of drug-likeness (QED) is 0.471. The lowest BCUT2D eigenvalue weighted by Gasteiger charge is -2.11. The van der Waals surface area contributed by atoms with E-state index < -0.39 is 0 Å². The summed E-state index contributed by atoms with van der Waals surface area (Å²) >= 11 is 0. The Kier molecular flexibility index (Phi) is 5.06. The first-order chi connectivity index (χ1) is 12.3. The maximum atomic E-state index is 5.88. The highest BCUT2D eigenvalue weighted by molar-refractivity contribution is 5.92. The van der Waals surface area contributed by atoms with Crippen molar-refractivity contribution in [3.8, 4) is 0 Å². The Morgan fingerprint density at radius 3 is 2.24 bits per heavy atom. The van der Waals surface area contributed by atoms with E-state index in [0.717, 1.165) is 17.1 Å². The molecular formula is C18H18N6O. The highest BCUT2D eigenvalue weighted by Crippen LogP contribution is 2.23. The van der Waals surface area contributed by atoms with Gasteiger partial charge in [0.15, 0.2) is 0 Å². The molecule has 0 unspecified atom stereocenters. The van der Waals surface area contributed by atoms with Crippen LogP contribution in [0.3, 0.4) is 0 Å². The van der Waals surface area contributed by atoms with E-state index in [4.69, 9.17) is 10.6 Å². The van der Waals surface area contributed by atoms with Crippen LogP contribution in [-0.2, 0) is 4.84 Å². The van der Waals surface area contributed by atoms with Crippen LogP contribution >= 0.6 is 0 Å². The van der Waals surface area contributed by atoms with Crippen molar-refractivity contribution in [3.63, 3.8) is 0 Å². The number of nitrogens with two attached hydrogens (primary N) is 1. The number of nitrogens with one attached hydrogen (secondary N) is 2. The molecule has 7 nitrogen and oxygen atoms in total. The van der Waals surface area contributed by atoms with Crippen molar-refractivity contribution in [1.29, 1.82) is 0 Å². The molecule has 0 fully saturated rings. The number of hydrogen-bond acceptors (Lipinski definition) is 7. The molecule has 3 aromatic rings. The molecule has 0 aliphatic heterocycles. The third-order valence-electron chi connectivity index (χ3n) is 3.41. The lowest BCUT2D eigenvalue weighted by atomic mass is 10.2. The Labute approximate surface area is 145 Å². The molecule has 0 amide bonds. The fraction of sp³-hybridized carbons (Fsp3) is 0.0556. The molecule has 3 rings (SSSR count). The number of nitrogen functional groups attached to an aromatic ring is 1. The molecule has 0 bridgehead atoms.